The molecule has 14 heavy (non-hydrogen) atoms. The number of nitrogens with one attached hydrogen (secondary N) is 1. The van der Waals surface area contributed by atoms with E-state index in [9.17, 15) is 0 Å². The van der Waals surface area contributed by atoms with Crippen LogP contribution in [-0.2, 0) is 6.42 Å². The first kappa shape index (κ1) is 9.98. The highest BCUT2D eigenvalue weighted by Gasteiger charge is 2.20. The van der Waals surface area contributed by atoms with Crippen LogP contribution in [0.1, 0.15) is 31.1 Å². The largest absolute Gasteiger partial charge is 0.338 e. The molecule has 1 aromatic heterocycles. The lowest BCUT2D eigenvalue weighted by Gasteiger charge is -2.19. The van der Waals surface area contributed by atoms with Crippen molar-refractivity contribution in [2.24, 2.45) is 0 Å². The van der Waals surface area contributed by atoms with Crippen LogP contribution in [0.5, 0.6) is 0 Å². The Morgan fingerprint density at radius 2 is 2.57 bits per heavy atom. The number of aromatic nitrogens is 2. The molecule has 1 N–H and O–H groups in total. The molecule has 1 aromatic rings. The Balaban J connectivity index is 2.00. The van der Waals surface area contributed by atoms with Crippen LogP contribution in [0.3, 0.4) is 0 Å². The zero-order chi connectivity index (χ0) is 9.80. The number of rotatable bonds is 3. The summed E-state index contributed by atoms with van der Waals surface area (Å²) in [5, 5.41) is 7.32. The van der Waals surface area contributed by atoms with Crippen molar-refractivity contribution in [2.75, 3.05) is 18.1 Å². The summed E-state index contributed by atoms with van der Waals surface area (Å²) in [4.78, 5) is 4.37. The maximum atomic E-state index is 5.22. The van der Waals surface area contributed by atoms with Gasteiger partial charge in [0.2, 0.25) is 5.89 Å². The van der Waals surface area contributed by atoms with E-state index in [1.54, 1.807) is 0 Å². The molecule has 0 radical (unpaired) electrons. The molecule has 1 atom stereocenters. The highest BCUT2D eigenvalue weighted by atomic mass is 32.2. The second-order valence-corrected chi connectivity index (χ2v) is 4.53. The van der Waals surface area contributed by atoms with Crippen molar-refractivity contribution >= 4 is 11.8 Å². The monoisotopic (exact) mass is 213 g/mol. The van der Waals surface area contributed by atoms with Gasteiger partial charge in [-0.1, -0.05) is 12.1 Å². The standard InChI is InChI=1S/C9H15N3OS/c1-2-3-8-11-9(13-12-8)7-6-14-5-4-10-7/h7,10H,2-6H2,1H3. The fraction of sp³-hybridized carbons (Fsp3) is 0.778. The third-order valence-electron chi connectivity index (χ3n) is 2.18. The first-order valence-corrected chi connectivity index (χ1v) is 6.19. The first-order valence-electron chi connectivity index (χ1n) is 5.03. The van der Waals surface area contributed by atoms with Gasteiger partial charge in [0, 0.05) is 24.5 Å². The van der Waals surface area contributed by atoms with Gasteiger partial charge in [0.05, 0.1) is 6.04 Å². The van der Waals surface area contributed by atoms with Gasteiger partial charge in [-0.2, -0.15) is 16.7 Å². The molecule has 0 amide bonds. The van der Waals surface area contributed by atoms with Gasteiger partial charge in [-0.3, -0.25) is 0 Å². The van der Waals surface area contributed by atoms with Gasteiger partial charge < -0.3 is 9.84 Å². The first-order chi connectivity index (χ1) is 6.90. The molecule has 0 bridgehead atoms. The smallest absolute Gasteiger partial charge is 0.244 e. The number of hydrogen-bond acceptors (Lipinski definition) is 5. The van der Waals surface area contributed by atoms with Crippen LogP contribution in [0, 0.1) is 0 Å². The van der Waals surface area contributed by atoms with Crippen molar-refractivity contribution in [3.63, 3.8) is 0 Å². The van der Waals surface area contributed by atoms with Gasteiger partial charge in [-0.25, -0.2) is 0 Å². The van der Waals surface area contributed by atoms with Gasteiger partial charge in [-0.05, 0) is 6.42 Å². The Kier molecular flexibility index (Phi) is 3.42. The lowest BCUT2D eigenvalue weighted by atomic mass is 10.3. The van der Waals surface area contributed by atoms with Gasteiger partial charge in [0.1, 0.15) is 0 Å². The summed E-state index contributed by atoms with van der Waals surface area (Å²) in [5.41, 5.74) is 0. The van der Waals surface area contributed by atoms with E-state index >= 15 is 0 Å². The van der Waals surface area contributed by atoms with E-state index in [0.717, 1.165) is 36.9 Å². The molecule has 1 aliphatic heterocycles. The number of thioether (sulfide) groups is 1. The van der Waals surface area contributed by atoms with E-state index in [4.69, 9.17) is 4.52 Å². The third kappa shape index (κ3) is 2.27. The summed E-state index contributed by atoms with van der Waals surface area (Å²) in [5.74, 6) is 3.79. The number of hydrogen-bond donors (Lipinski definition) is 1. The van der Waals surface area contributed by atoms with E-state index in [2.05, 4.69) is 22.4 Å². The minimum atomic E-state index is 0.256. The molecule has 1 saturated heterocycles. The molecule has 78 valence electrons. The van der Waals surface area contributed by atoms with E-state index in [-0.39, 0.29) is 6.04 Å². The minimum absolute atomic E-state index is 0.256. The summed E-state index contributed by atoms with van der Waals surface area (Å²) in [6, 6.07) is 0.256. The van der Waals surface area contributed by atoms with Gasteiger partial charge in [0.25, 0.3) is 0 Å². The van der Waals surface area contributed by atoms with Crippen molar-refractivity contribution in [2.45, 2.75) is 25.8 Å². The second-order valence-electron chi connectivity index (χ2n) is 3.38. The van der Waals surface area contributed by atoms with Crippen molar-refractivity contribution in [1.29, 1.82) is 0 Å². The van der Waals surface area contributed by atoms with Crippen LogP contribution in [-0.4, -0.2) is 28.2 Å². The van der Waals surface area contributed by atoms with Gasteiger partial charge >= 0.3 is 0 Å². The van der Waals surface area contributed by atoms with E-state index in [0.29, 0.717) is 0 Å². The van der Waals surface area contributed by atoms with Gasteiger partial charge in [-0.15, -0.1) is 0 Å². The molecule has 1 aliphatic rings. The quantitative estimate of drug-likeness (QED) is 0.822. The predicted molar refractivity (Wildman–Crippen MR) is 56.4 cm³/mol. The molecule has 5 heteroatoms. The van der Waals surface area contributed by atoms with Crippen molar-refractivity contribution < 1.29 is 4.52 Å². The summed E-state index contributed by atoms with van der Waals surface area (Å²) in [6.45, 7) is 3.14. The predicted octanol–water partition coefficient (Wildman–Crippen LogP) is 1.40. The molecule has 2 rings (SSSR count). The summed E-state index contributed by atoms with van der Waals surface area (Å²) < 4.78 is 5.22. The molecule has 0 spiro atoms. The highest BCUT2D eigenvalue weighted by Crippen LogP contribution is 2.20. The van der Waals surface area contributed by atoms with Crippen molar-refractivity contribution in [3.8, 4) is 0 Å². The molecule has 4 nitrogen and oxygen atoms in total. The van der Waals surface area contributed by atoms with Crippen LogP contribution >= 0.6 is 11.8 Å². The maximum Gasteiger partial charge on any atom is 0.244 e. The molecule has 1 fully saturated rings. The third-order valence-corrected chi connectivity index (χ3v) is 3.24. The van der Waals surface area contributed by atoms with Gasteiger partial charge in [0.15, 0.2) is 5.82 Å². The van der Waals surface area contributed by atoms with E-state index in [1.807, 2.05) is 11.8 Å². The second kappa shape index (κ2) is 4.79. The van der Waals surface area contributed by atoms with E-state index < -0.39 is 0 Å². The summed E-state index contributed by atoms with van der Waals surface area (Å²) in [7, 11) is 0. The topological polar surface area (TPSA) is 51.0 Å². The van der Waals surface area contributed by atoms with Crippen LogP contribution in [0.2, 0.25) is 0 Å². The van der Waals surface area contributed by atoms with Crippen molar-refractivity contribution in [3.05, 3.63) is 11.7 Å². The molecule has 1 unspecified atom stereocenters. The molecule has 0 aromatic carbocycles. The Hall–Kier alpha value is -0.550. The molecule has 2 heterocycles. The van der Waals surface area contributed by atoms with Crippen LogP contribution in [0.15, 0.2) is 4.52 Å². The molecular weight excluding hydrogens is 198 g/mol. The fourth-order valence-corrected chi connectivity index (χ4v) is 2.38. The average molecular weight is 213 g/mol. The Morgan fingerprint density at radius 3 is 3.29 bits per heavy atom. The Bertz CT molecular complexity index is 283. The minimum Gasteiger partial charge on any atom is -0.338 e. The number of aryl methyl sites for hydroxylation is 1. The zero-order valence-corrected chi connectivity index (χ0v) is 9.14. The Morgan fingerprint density at radius 1 is 1.64 bits per heavy atom. The number of nitrogens with zero attached hydrogens (tertiary/aromatic N) is 2. The lowest BCUT2D eigenvalue weighted by molar-refractivity contribution is 0.339. The fourth-order valence-electron chi connectivity index (χ4n) is 1.46. The summed E-state index contributed by atoms with van der Waals surface area (Å²) >= 11 is 1.93. The van der Waals surface area contributed by atoms with Crippen molar-refractivity contribution in [1.82, 2.24) is 15.5 Å². The SMILES string of the molecule is CCCc1noc(C2CSCCN2)n1. The summed E-state index contributed by atoms with van der Waals surface area (Å²) in [6.07, 6.45) is 1.97. The van der Waals surface area contributed by atoms with Crippen LogP contribution < -0.4 is 5.32 Å². The lowest BCUT2D eigenvalue weighted by Crippen LogP contribution is -2.30. The average Bonchev–Trinajstić information content (AvgIpc) is 2.68. The molecule has 0 saturated carbocycles. The maximum absolute atomic E-state index is 5.22. The highest BCUT2D eigenvalue weighted by molar-refractivity contribution is 7.99. The van der Waals surface area contributed by atoms with Crippen LogP contribution in [0.4, 0.5) is 0 Å². The molecule has 0 aliphatic carbocycles. The molecular formula is C9H15N3OS. The normalized spacial score (nSPS) is 22.5. The van der Waals surface area contributed by atoms with Crippen LogP contribution in [0.25, 0.3) is 0 Å². The zero-order valence-electron chi connectivity index (χ0n) is 8.32. The van der Waals surface area contributed by atoms with E-state index in [1.165, 1.54) is 5.75 Å². The Labute approximate surface area is 87.8 Å².